The van der Waals surface area contributed by atoms with Crippen molar-refractivity contribution < 1.29 is 4.21 Å². The fourth-order valence-corrected chi connectivity index (χ4v) is 2.29. The summed E-state index contributed by atoms with van der Waals surface area (Å²) in [5.74, 6) is 0.703. The average molecular weight is 276 g/mol. The molecule has 2 aromatic heterocycles. The molecule has 2 heterocycles. The lowest BCUT2D eigenvalue weighted by Gasteiger charge is -2.01. The number of alkyl halides is 1. The molecule has 2 rings (SSSR count). The standard InChI is InChI=1S/C8H10ClN5O2S/c1-5-10-7(17(2)16)6-11-12-13(4-3-9)8(15)14(5)6/h3-4H2,1-2H3. The molecule has 0 aliphatic heterocycles. The molecule has 0 bridgehead atoms. The van der Waals surface area contributed by atoms with Crippen molar-refractivity contribution in [3.05, 3.63) is 16.3 Å². The maximum Gasteiger partial charge on any atom is 0.353 e. The Hall–Kier alpha value is -1.28. The molecule has 17 heavy (non-hydrogen) atoms. The molecule has 0 saturated heterocycles. The van der Waals surface area contributed by atoms with Crippen LogP contribution in [0.15, 0.2) is 9.82 Å². The Bertz CT molecular complexity index is 649. The van der Waals surface area contributed by atoms with Gasteiger partial charge < -0.3 is 0 Å². The van der Waals surface area contributed by atoms with Crippen molar-refractivity contribution in [2.24, 2.45) is 0 Å². The molecule has 0 fully saturated rings. The quantitative estimate of drug-likeness (QED) is 0.710. The van der Waals surface area contributed by atoms with Gasteiger partial charge in [-0.2, -0.15) is 4.68 Å². The normalized spacial score (nSPS) is 13.1. The first-order chi connectivity index (χ1) is 8.06. The number of halogens is 1. The van der Waals surface area contributed by atoms with Gasteiger partial charge in [0, 0.05) is 12.1 Å². The number of aryl methyl sites for hydroxylation is 2. The SMILES string of the molecule is Cc1nc(S(C)=O)c2nnn(CCCl)c(=O)n12. The van der Waals surface area contributed by atoms with Crippen molar-refractivity contribution >= 4 is 28.0 Å². The molecule has 0 aromatic carbocycles. The van der Waals surface area contributed by atoms with E-state index in [0.717, 1.165) is 4.68 Å². The van der Waals surface area contributed by atoms with E-state index in [2.05, 4.69) is 15.3 Å². The third-order valence-electron chi connectivity index (χ3n) is 2.22. The fourth-order valence-electron chi connectivity index (χ4n) is 1.48. The van der Waals surface area contributed by atoms with Crippen LogP contribution in [0.25, 0.3) is 5.65 Å². The summed E-state index contributed by atoms with van der Waals surface area (Å²) in [6.45, 7) is 1.92. The molecule has 1 unspecified atom stereocenters. The zero-order valence-electron chi connectivity index (χ0n) is 9.25. The molecule has 0 amide bonds. The number of hydrogen-bond donors (Lipinski definition) is 0. The summed E-state index contributed by atoms with van der Waals surface area (Å²) >= 11 is 5.55. The summed E-state index contributed by atoms with van der Waals surface area (Å²) in [4.78, 5) is 16.1. The van der Waals surface area contributed by atoms with E-state index in [4.69, 9.17) is 11.6 Å². The van der Waals surface area contributed by atoms with Crippen molar-refractivity contribution in [3.63, 3.8) is 0 Å². The highest BCUT2D eigenvalue weighted by Crippen LogP contribution is 2.09. The second-order valence-electron chi connectivity index (χ2n) is 3.36. The Morgan fingerprint density at radius 2 is 2.18 bits per heavy atom. The summed E-state index contributed by atoms with van der Waals surface area (Å²) in [6.07, 6.45) is 1.48. The van der Waals surface area contributed by atoms with E-state index in [1.54, 1.807) is 6.92 Å². The Morgan fingerprint density at radius 1 is 1.47 bits per heavy atom. The maximum absolute atomic E-state index is 12.0. The topological polar surface area (TPSA) is 82.2 Å². The monoisotopic (exact) mass is 275 g/mol. The van der Waals surface area contributed by atoms with Crippen LogP contribution < -0.4 is 5.69 Å². The van der Waals surface area contributed by atoms with Gasteiger partial charge >= 0.3 is 5.69 Å². The number of aromatic nitrogens is 5. The van der Waals surface area contributed by atoms with E-state index in [-0.39, 0.29) is 28.8 Å². The van der Waals surface area contributed by atoms with Crippen LogP contribution in [0.2, 0.25) is 0 Å². The number of imidazole rings is 1. The second kappa shape index (κ2) is 4.53. The number of hydrogen-bond acceptors (Lipinski definition) is 5. The van der Waals surface area contributed by atoms with Crippen molar-refractivity contribution in [2.75, 3.05) is 12.1 Å². The van der Waals surface area contributed by atoms with Crippen LogP contribution in [-0.2, 0) is 17.3 Å². The largest absolute Gasteiger partial charge is 0.353 e. The van der Waals surface area contributed by atoms with Gasteiger partial charge in [-0.15, -0.1) is 16.7 Å². The van der Waals surface area contributed by atoms with Crippen molar-refractivity contribution in [1.82, 2.24) is 24.4 Å². The lowest BCUT2D eigenvalue weighted by Crippen LogP contribution is -2.31. The first kappa shape index (κ1) is 12.2. The zero-order chi connectivity index (χ0) is 12.6. The number of nitrogens with zero attached hydrogens (tertiary/aromatic N) is 5. The smallest absolute Gasteiger partial charge is 0.253 e. The second-order valence-corrected chi connectivity index (χ2v) is 5.03. The van der Waals surface area contributed by atoms with E-state index < -0.39 is 10.8 Å². The fraction of sp³-hybridized carbons (Fsp3) is 0.500. The highest BCUT2D eigenvalue weighted by atomic mass is 35.5. The molecule has 7 nitrogen and oxygen atoms in total. The van der Waals surface area contributed by atoms with E-state index >= 15 is 0 Å². The predicted molar refractivity (Wildman–Crippen MR) is 62.8 cm³/mol. The average Bonchev–Trinajstić information content (AvgIpc) is 2.61. The van der Waals surface area contributed by atoms with E-state index in [0.29, 0.717) is 5.82 Å². The predicted octanol–water partition coefficient (Wildman–Crippen LogP) is -0.429. The third-order valence-corrected chi connectivity index (χ3v) is 3.21. The Balaban J connectivity index is 2.79. The summed E-state index contributed by atoms with van der Waals surface area (Å²) in [5, 5.41) is 7.86. The van der Waals surface area contributed by atoms with Crippen LogP contribution in [0.5, 0.6) is 0 Å². The first-order valence-electron chi connectivity index (χ1n) is 4.78. The minimum Gasteiger partial charge on any atom is -0.253 e. The van der Waals surface area contributed by atoms with Crippen LogP contribution in [0.3, 0.4) is 0 Å². The molecule has 92 valence electrons. The van der Waals surface area contributed by atoms with Gasteiger partial charge in [-0.05, 0) is 6.92 Å². The Kier molecular flexibility index (Phi) is 3.25. The van der Waals surface area contributed by atoms with Crippen molar-refractivity contribution in [1.29, 1.82) is 0 Å². The molecule has 0 aliphatic carbocycles. The van der Waals surface area contributed by atoms with Crippen LogP contribution >= 0.6 is 11.6 Å². The minimum absolute atomic E-state index is 0.235. The number of fused-ring (bicyclic) bond motifs is 1. The summed E-state index contributed by atoms with van der Waals surface area (Å²) < 4.78 is 13.9. The van der Waals surface area contributed by atoms with Gasteiger partial charge in [-0.25, -0.2) is 14.2 Å². The van der Waals surface area contributed by atoms with E-state index in [1.165, 1.54) is 10.7 Å². The molecule has 0 aliphatic rings. The van der Waals surface area contributed by atoms with Crippen LogP contribution in [0.1, 0.15) is 5.82 Å². The van der Waals surface area contributed by atoms with Crippen molar-refractivity contribution in [3.8, 4) is 0 Å². The summed E-state index contributed by atoms with van der Waals surface area (Å²) in [5.41, 5.74) is -0.142. The van der Waals surface area contributed by atoms with Gasteiger partial charge in [0.2, 0.25) is 5.65 Å². The maximum atomic E-state index is 12.0. The number of rotatable bonds is 3. The lowest BCUT2D eigenvalue weighted by molar-refractivity contribution is 0.543. The molecule has 9 heteroatoms. The minimum atomic E-state index is -1.31. The van der Waals surface area contributed by atoms with Gasteiger partial charge in [0.25, 0.3) is 0 Å². The van der Waals surface area contributed by atoms with E-state index in [9.17, 15) is 9.00 Å². The van der Waals surface area contributed by atoms with Crippen molar-refractivity contribution in [2.45, 2.75) is 18.5 Å². The molecule has 0 N–H and O–H groups in total. The zero-order valence-corrected chi connectivity index (χ0v) is 10.8. The highest BCUT2D eigenvalue weighted by molar-refractivity contribution is 7.84. The van der Waals surface area contributed by atoms with Crippen LogP contribution in [-0.4, -0.2) is 40.7 Å². The molecule has 0 radical (unpaired) electrons. The molecular formula is C8H10ClN5O2S. The van der Waals surface area contributed by atoms with Crippen LogP contribution in [0, 0.1) is 6.92 Å². The van der Waals surface area contributed by atoms with Gasteiger partial charge in [-0.1, -0.05) is 5.21 Å². The van der Waals surface area contributed by atoms with Crippen LogP contribution in [0.4, 0.5) is 0 Å². The molecule has 2 aromatic rings. The molecule has 0 saturated carbocycles. The Morgan fingerprint density at radius 3 is 2.76 bits per heavy atom. The van der Waals surface area contributed by atoms with Gasteiger partial charge in [0.15, 0.2) is 5.03 Å². The highest BCUT2D eigenvalue weighted by Gasteiger charge is 2.16. The molecule has 1 atom stereocenters. The van der Waals surface area contributed by atoms with Gasteiger partial charge in [0.1, 0.15) is 5.82 Å². The first-order valence-corrected chi connectivity index (χ1v) is 6.87. The lowest BCUT2D eigenvalue weighted by atomic mass is 10.7. The van der Waals surface area contributed by atoms with E-state index in [1.807, 2.05) is 0 Å². The molecule has 0 spiro atoms. The summed E-state index contributed by atoms with van der Waals surface area (Å²) in [6, 6.07) is 0. The third kappa shape index (κ3) is 1.98. The molecular weight excluding hydrogens is 266 g/mol. The van der Waals surface area contributed by atoms with Gasteiger partial charge in [-0.3, -0.25) is 4.21 Å². The Labute approximate surface area is 104 Å². The summed E-state index contributed by atoms with van der Waals surface area (Å²) in [7, 11) is -1.31. The van der Waals surface area contributed by atoms with Gasteiger partial charge in [0.05, 0.1) is 17.3 Å².